The summed E-state index contributed by atoms with van der Waals surface area (Å²) in [6.45, 7) is 0. The van der Waals surface area contributed by atoms with E-state index in [9.17, 15) is 0 Å². The van der Waals surface area contributed by atoms with Crippen LogP contribution in [0.1, 0.15) is 0 Å². The van der Waals surface area contributed by atoms with Crippen molar-refractivity contribution in [3.05, 3.63) is 0 Å². The fourth-order valence-corrected chi connectivity index (χ4v) is 14.2. The molecule has 1 unspecified atom stereocenters. The first-order valence-electron chi connectivity index (χ1n) is 5.45. The highest BCUT2D eigenvalue weighted by Gasteiger charge is 2.24. The molecule has 0 aromatic rings. The summed E-state index contributed by atoms with van der Waals surface area (Å²) >= 11 is 27.2. The maximum atomic E-state index is 4.38. The molecule has 0 aliphatic carbocycles. The van der Waals surface area contributed by atoms with Crippen LogP contribution in [0.5, 0.6) is 0 Å². The van der Waals surface area contributed by atoms with Gasteiger partial charge in [0.15, 0.2) is 0 Å². The van der Waals surface area contributed by atoms with Crippen molar-refractivity contribution in [1.82, 2.24) is 0 Å². The highest BCUT2D eigenvalue weighted by molar-refractivity contribution is 8.37. The molecule has 1 atom stereocenters. The van der Waals surface area contributed by atoms with Crippen LogP contribution in [0, 0.1) is 0 Å². The maximum absolute atomic E-state index is 4.38. The van der Waals surface area contributed by atoms with Gasteiger partial charge in [-0.05, 0) is 0 Å². The van der Waals surface area contributed by atoms with Crippen molar-refractivity contribution in [2.45, 2.75) is 13.1 Å². The average molecular weight is 447 g/mol. The van der Waals surface area contributed by atoms with E-state index in [0.29, 0.717) is 9.16 Å². The molecular weight excluding hydrogens is 429 g/mol. The van der Waals surface area contributed by atoms with Gasteiger partial charge in [0.25, 0.3) is 0 Å². The van der Waals surface area contributed by atoms with Crippen LogP contribution in [0.3, 0.4) is 0 Å². The van der Waals surface area contributed by atoms with Gasteiger partial charge in [-0.15, -0.1) is 82.3 Å². The predicted molar refractivity (Wildman–Crippen MR) is 121 cm³/mol. The number of thiol groups is 3. The topological polar surface area (TPSA) is 0 Å². The number of thioether (sulfide) groups is 7. The van der Waals surface area contributed by atoms with Crippen molar-refractivity contribution in [3.63, 3.8) is 0 Å². The van der Waals surface area contributed by atoms with E-state index in [1.807, 2.05) is 35.3 Å². The van der Waals surface area contributed by atoms with Crippen molar-refractivity contribution in [1.29, 1.82) is 0 Å². The van der Waals surface area contributed by atoms with Crippen molar-refractivity contribution >= 4 is 120 Å². The molecule has 0 nitrogen and oxygen atoms in total. The first-order chi connectivity index (χ1) is 9.31. The van der Waals surface area contributed by atoms with E-state index in [0.717, 1.165) is 19.2 Å². The molecule has 0 amide bonds. The lowest BCUT2D eigenvalue weighted by Crippen LogP contribution is -2.14. The molecule has 0 spiro atoms. The molecular formula is C9H18S10. The van der Waals surface area contributed by atoms with Crippen LogP contribution in [-0.2, 0) is 0 Å². The zero-order valence-electron chi connectivity index (χ0n) is 10.2. The van der Waals surface area contributed by atoms with Gasteiger partial charge in [-0.3, -0.25) is 0 Å². The van der Waals surface area contributed by atoms with Crippen molar-refractivity contribution in [3.8, 4) is 0 Å². The van der Waals surface area contributed by atoms with E-state index in [-0.39, 0.29) is 0 Å². The highest BCUT2D eigenvalue weighted by Crippen LogP contribution is 2.45. The molecule has 1 aliphatic heterocycles. The summed E-state index contributed by atoms with van der Waals surface area (Å²) in [7, 11) is 0. The van der Waals surface area contributed by atoms with Crippen LogP contribution in [0.25, 0.3) is 0 Å². The zero-order chi connectivity index (χ0) is 13.9. The molecule has 0 bridgehead atoms. The minimum Gasteiger partial charge on any atom is -0.168 e. The maximum Gasteiger partial charge on any atom is 0.0964 e. The van der Waals surface area contributed by atoms with Gasteiger partial charge in [0.1, 0.15) is 0 Å². The van der Waals surface area contributed by atoms with E-state index in [1.165, 1.54) is 16.6 Å². The second-order valence-corrected chi connectivity index (χ2v) is 15.2. The molecule has 0 N–H and O–H groups in total. The third-order valence-electron chi connectivity index (χ3n) is 1.97. The van der Waals surface area contributed by atoms with E-state index in [1.54, 1.807) is 0 Å². The van der Waals surface area contributed by atoms with Crippen LogP contribution in [0.2, 0.25) is 0 Å². The molecule has 1 aliphatic rings. The quantitative estimate of drug-likeness (QED) is 0.272. The summed E-state index contributed by atoms with van der Waals surface area (Å²) in [5.41, 5.74) is 0. The monoisotopic (exact) mass is 446 g/mol. The number of hydrogen-bond acceptors (Lipinski definition) is 10. The molecule has 0 aromatic carbocycles. The third kappa shape index (κ3) is 9.39. The standard InChI is InChI=1S/C9H18S10/c10-3-15-7(16-4-11)8(17-5-12)18-6-19-9-13-1-2-14-9/h7-12H,1-6H2. The second-order valence-electron chi connectivity index (χ2n) is 3.11. The average Bonchev–Trinajstić information content (AvgIpc) is 2.91. The Labute approximate surface area is 163 Å². The van der Waals surface area contributed by atoms with Crippen LogP contribution in [-0.4, -0.2) is 44.9 Å². The van der Waals surface area contributed by atoms with Gasteiger partial charge >= 0.3 is 0 Å². The lowest BCUT2D eigenvalue weighted by Gasteiger charge is -2.24. The SMILES string of the molecule is SCSC(SCS)C(SCS)SCSC1SCCS1. The Morgan fingerprint density at radius 1 is 0.842 bits per heavy atom. The summed E-state index contributed by atoms with van der Waals surface area (Å²) in [5, 5.41) is 3.80. The van der Waals surface area contributed by atoms with Crippen molar-refractivity contribution in [2.24, 2.45) is 0 Å². The van der Waals surface area contributed by atoms with E-state index < -0.39 is 0 Å². The molecule has 19 heavy (non-hydrogen) atoms. The lowest BCUT2D eigenvalue weighted by molar-refractivity contribution is 1.36. The Balaban J connectivity index is 2.31. The fourth-order valence-electron chi connectivity index (χ4n) is 1.23. The van der Waals surface area contributed by atoms with E-state index in [2.05, 4.69) is 84.9 Å². The normalized spacial score (nSPS) is 18.3. The van der Waals surface area contributed by atoms with Gasteiger partial charge in [0.2, 0.25) is 0 Å². The van der Waals surface area contributed by atoms with Crippen LogP contribution in [0.4, 0.5) is 0 Å². The van der Waals surface area contributed by atoms with Crippen LogP contribution >= 0.6 is 120 Å². The van der Waals surface area contributed by atoms with Gasteiger partial charge in [0, 0.05) is 31.8 Å². The molecule has 114 valence electrons. The summed E-state index contributed by atoms with van der Waals surface area (Å²) in [5.74, 6) is 2.63. The molecule has 0 radical (unpaired) electrons. The summed E-state index contributed by atoms with van der Waals surface area (Å²) < 4.78 is 1.89. The Kier molecular flexibility index (Phi) is 15.0. The van der Waals surface area contributed by atoms with E-state index >= 15 is 0 Å². The predicted octanol–water partition coefficient (Wildman–Crippen LogP) is 5.69. The van der Waals surface area contributed by atoms with Gasteiger partial charge in [-0.1, -0.05) is 0 Å². The molecule has 10 heteroatoms. The van der Waals surface area contributed by atoms with E-state index in [4.69, 9.17) is 0 Å². The van der Waals surface area contributed by atoms with Gasteiger partial charge < -0.3 is 0 Å². The minimum atomic E-state index is 0.557. The second kappa shape index (κ2) is 13.9. The molecule has 1 saturated heterocycles. The van der Waals surface area contributed by atoms with Crippen molar-refractivity contribution in [2.75, 3.05) is 31.8 Å². The molecule has 1 heterocycles. The highest BCUT2D eigenvalue weighted by atomic mass is 32.3. The largest absolute Gasteiger partial charge is 0.168 e. The molecule has 0 aromatic heterocycles. The first-order valence-corrected chi connectivity index (χ1v) is 14.7. The summed E-state index contributed by atoms with van der Waals surface area (Å²) in [6.07, 6.45) is 0. The van der Waals surface area contributed by atoms with Crippen LogP contribution in [0.15, 0.2) is 0 Å². The van der Waals surface area contributed by atoms with Gasteiger partial charge in [-0.2, -0.15) is 37.9 Å². The van der Waals surface area contributed by atoms with Gasteiger partial charge in [-0.25, -0.2) is 0 Å². The zero-order valence-corrected chi connectivity index (χ0v) is 18.6. The Morgan fingerprint density at radius 2 is 1.32 bits per heavy atom. The first kappa shape index (κ1) is 20.5. The smallest absolute Gasteiger partial charge is 0.0964 e. The van der Waals surface area contributed by atoms with Crippen molar-refractivity contribution < 1.29 is 0 Å². The third-order valence-corrected chi connectivity index (χ3v) is 14.0. The Hall–Kier alpha value is 3.50. The Bertz CT molecular complexity index is 203. The molecule has 1 rings (SSSR count). The summed E-state index contributed by atoms with van der Waals surface area (Å²) in [4.78, 5) is 0. The van der Waals surface area contributed by atoms with Crippen LogP contribution < -0.4 is 0 Å². The number of hydrogen-bond donors (Lipinski definition) is 3. The number of rotatable bonds is 11. The summed E-state index contributed by atoms with van der Waals surface area (Å²) in [6, 6.07) is 0. The fraction of sp³-hybridized carbons (Fsp3) is 1.00. The Morgan fingerprint density at radius 3 is 1.79 bits per heavy atom. The molecule has 0 saturated carbocycles. The minimum absolute atomic E-state index is 0.557. The lowest BCUT2D eigenvalue weighted by atomic mass is 10.9. The van der Waals surface area contributed by atoms with Gasteiger partial charge in [0.05, 0.1) is 13.1 Å². The molecule has 1 fully saturated rings.